The van der Waals surface area contributed by atoms with Crippen molar-refractivity contribution >= 4 is 34.5 Å². The maximum absolute atomic E-state index is 12.7. The van der Waals surface area contributed by atoms with E-state index in [0.29, 0.717) is 38.4 Å². The van der Waals surface area contributed by atoms with E-state index in [4.69, 9.17) is 0 Å². The second-order valence-corrected chi connectivity index (χ2v) is 16.5. The van der Waals surface area contributed by atoms with Crippen molar-refractivity contribution in [2.24, 2.45) is 5.92 Å². The molecule has 0 bridgehead atoms. The van der Waals surface area contributed by atoms with Gasteiger partial charge in [0.25, 0.3) is 0 Å². The number of aromatic nitrogens is 4. The van der Waals surface area contributed by atoms with Gasteiger partial charge in [0.05, 0.1) is 59.7 Å². The number of thiophene rings is 2. The van der Waals surface area contributed by atoms with E-state index in [-0.39, 0.29) is 30.8 Å². The van der Waals surface area contributed by atoms with E-state index < -0.39 is 0 Å². The van der Waals surface area contributed by atoms with Crippen molar-refractivity contribution in [3.05, 3.63) is 110 Å². The average molecular weight is 859 g/mol. The number of aliphatic hydroxyl groups is 1. The monoisotopic (exact) mass is 858 g/mol. The molecular formula is C46H66N8O4S2. The molecule has 0 aliphatic heterocycles. The molecule has 0 aliphatic carbocycles. The first-order valence-corrected chi connectivity index (χ1v) is 21.9. The number of nitrogens with zero attached hydrogens (tertiary/aromatic N) is 4. The minimum atomic E-state index is -0.230. The average Bonchev–Trinajstić information content (AvgIpc) is 4.06. The number of hydrogen-bond acceptors (Lipinski definition) is 10. The van der Waals surface area contributed by atoms with Gasteiger partial charge in [0.2, 0.25) is 11.8 Å². The summed E-state index contributed by atoms with van der Waals surface area (Å²) in [5.41, 5.74) is 4.06. The van der Waals surface area contributed by atoms with Crippen LogP contribution in [-0.2, 0) is 27.4 Å². The van der Waals surface area contributed by atoms with Crippen LogP contribution >= 0.6 is 22.7 Å². The smallest absolute Gasteiger partial charge is 0.242 e. The summed E-state index contributed by atoms with van der Waals surface area (Å²) in [5, 5.41) is 14.7. The van der Waals surface area contributed by atoms with Gasteiger partial charge in [0.1, 0.15) is 11.6 Å². The molecule has 0 fully saturated rings. The van der Waals surface area contributed by atoms with Gasteiger partial charge in [-0.25, -0.2) is 9.97 Å². The second-order valence-electron chi connectivity index (χ2n) is 14.3. The van der Waals surface area contributed by atoms with Gasteiger partial charge in [-0.15, -0.1) is 29.3 Å². The Hall–Kier alpha value is -5.44. The van der Waals surface area contributed by atoms with Crippen LogP contribution in [0, 0.1) is 5.92 Å². The van der Waals surface area contributed by atoms with Crippen LogP contribution in [0.5, 0.6) is 0 Å². The fourth-order valence-electron chi connectivity index (χ4n) is 5.23. The Bertz CT molecular complexity index is 2010. The molecule has 4 heterocycles. The summed E-state index contributed by atoms with van der Waals surface area (Å²) in [5.74, 6) is 1.86. The number of aromatic amines is 2. The highest BCUT2D eigenvalue weighted by molar-refractivity contribution is 7.19. The Morgan fingerprint density at radius 3 is 1.60 bits per heavy atom. The van der Waals surface area contributed by atoms with E-state index in [1.54, 1.807) is 59.0 Å². The number of ether oxygens (including phenoxy) is 1. The number of carbonyl (C=O) groups is 2. The van der Waals surface area contributed by atoms with Gasteiger partial charge in [0.15, 0.2) is 5.88 Å². The molecule has 5 N–H and O–H groups in total. The molecule has 2 amide bonds. The summed E-state index contributed by atoms with van der Waals surface area (Å²) in [6.45, 7) is 25.6. The first-order chi connectivity index (χ1) is 28.8. The molecule has 5 aromatic rings. The molecule has 4 aromatic heterocycles. The molecule has 14 heteroatoms. The molecule has 0 unspecified atom stereocenters. The van der Waals surface area contributed by atoms with Crippen molar-refractivity contribution in [2.45, 2.75) is 73.9 Å². The molecule has 0 saturated carbocycles. The Balaban J connectivity index is 0.00000112. The van der Waals surface area contributed by atoms with E-state index >= 15 is 0 Å². The molecular weight excluding hydrogens is 793 g/mol. The number of carbonyl (C=O) groups excluding carboxylic acids is 2. The van der Waals surface area contributed by atoms with E-state index in [0.717, 1.165) is 60.2 Å². The van der Waals surface area contributed by atoms with Crippen LogP contribution in [0.2, 0.25) is 0 Å². The number of benzene rings is 1. The topological polar surface area (TPSA) is 151 Å². The molecule has 0 radical (unpaired) electrons. The largest absolute Gasteiger partial charge is 0.495 e. The number of aliphatic hydroxyl groups excluding tert-OH is 1. The van der Waals surface area contributed by atoms with Crippen molar-refractivity contribution in [1.82, 2.24) is 40.4 Å². The summed E-state index contributed by atoms with van der Waals surface area (Å²) < 4.78 is 4.25. The molecule has 1 aromatic carbocycles. The molecule has 0 saturated heterocycles. The van der Waals surface area contributed by atoms with E-state index in [9.17, 15) is 14.7 Å². The molecule has 0 aliphatic rings. The van der Waals surface area contributed by atoms with E-state index in [1.165, 1.54) is 12.6 Å². The molecule has 0 atom stereocenters. The third-order valence-corrected chi connectivity index (χ3v) is 10.1. The normalized spacial score (nSPS) is 10.2. The van der Waals surface area contributed by atoms with Crippen molar-refractivity contribution in [2.75, 3.05) is 40.4 Å². The van der Waals surface area contributed by atoms with Gasteiger partial charge in [-0.1, -0.05) is 84.9 Å². The third kappa shape index (κ3) is 17.8. The Labute approximate surface area is 365 Å². The zero-order valence-electron chi connectivity index (χ0n) is 36.8. The molecule has 5 rings (SSSR count). The lowest BCUT2D eigenvalue weighted by molar-refractivity contribution is -0.131. The minimum Gasteiger partial charge on any atom is -0.495 e. The van der Waals surface area contributed by atoms with Gasteiger partial charge < -0.3 is 40.2 Å². The zero-order valence-corrected chi connectivity index (χ0v) is 38.4. The number of imidazole rings is 2. The van der Waals surface area contributed by atoms with Gasteiger partial charge >= 0.3 is 0 Å². The standard InChI is InChI=1S/C37H42N8O3S2.C4H10.C3H8.C2H6O/c1-5-8-18-45(36(47)21-38-7-3)24-35-41-20-29(43-35)33-16-14-31(50-33)27-11-9-26(10-12-27)30-13-15-32(49-30)28-19-40-34(42-28)23-44(17-6-2)37(48)22-39-25(4)46;1-4(2)3;2*1-3-2/h5,7,9-16,19-20,38-39,46H,1,3-4,6,8,17-18,21-24H2,2H3,(H,40,42)(H,41,43);4H,1-3H3;3H2,1-2H3;1-2H3. The van der Waals surface area contributed by atoms with Crippen LogP contribution in [0.15, 0.2) is 98.8 Å². The summed E-state index contributed by atoms with van der Waals surface area (Å²) in [7, 11) is 3.25. The lowest BCUT2D eigenvalue weighted by atomic mass is 10.1. The lowest BCUT2D eigenvalue weighted by Crippen LogP contribution is -2.38. The highest BCUT2D eigenvalue weighted by Gasteiger charge is 2.18. The lowest BCUT2D eigenvalue weighted by Gasteiger charge is -2.21. The van der Waals surface area contributed by atoms with Crippen LogP contribution in [0.4, 0.5) is 0 Å². The maximum Gasteiger partial charge on any atom is 0.242 e. The van der Waals surface area contributed by atoms with Gasteiger partial charge in [-0.3, -0.25) is 9.59 Å². The van der Waals surface area contributed by atoms with Crippen molar-refractivity contribution in [3.8, 4) is 42.0 Å². The maximum atomic E-state index is 12.7. The SMILES string of the molecule is C=CCCN(Cc1ncc(-c2ccc(-c3ccc(-c4ccc(-c5cnc(CN(CCC)C(=O)CNC(=C)O)[nH]5)s4)cc3)s2)[nH]1)C(=O)CNC=C.CC(C)C.CCC.COC. The fourth-order valence-corrected chi connectivity index (χ4v) is 7.19. The first kappa shape index (κ1) is 50.7. The highest BCUT2D eigenvalue weighted by Crippen LogP contribution is 2.37. The number of amides is 2. The predicted molar refractivity (Wildman–Crippen MR) is 252 cm³/mol. The summed E-state index contributed by atoms with van der Waals surface area (Å²) >= 11 is 3.36. The van der Waals surface area contributed by atoms with Crippen LogP contribution in [0.25, 0.3) is 42.0 Å². The number of rotatable bonds is 19. The quantitative estimate of drug-likeness (QED) is 0.0407. The predicted octanol–water partition coefficient (Wildman–Crippen LogP) is 10.3. The summed E-state index contributed by atoms with van der Waals surface area (Å²) in [4.78, 5) is 49.0. The Morgan fingerprint density at radius 2 is 1.20 bits per heavy atom. The van der Waals surface area contributed by atoms with Gasteiger partial charge in [-0.2, -0.15) is 0 Å². The Kier molecular flexibility index (Phi) is 23.7. The highest BCUT2D eigenvalue weighted by atomic mass is 32.1. The van der Waals surface area contributed by atoms with Gasteiger partial charge in [0, 0.05) is 37.1 Å². The van der Waals surface area contributed by atoms with Gasteiger partial charge in [-0.05, 0) is 66.9 Å². The number of methoxy groups -OCH3 is 1. The molecule has 326 valence electrons. The minimum absolute atomic E-state index is 0.0236. The molecule has 12 nitrogen and oxygen atoms in total. The molecule has 60 heavy (non-hydrogen) atoms. The molecule has 0 spiro atoms. The zero-order chi connectivity index (χ0) is 44.5. The number of nitrogens with one attached hydrogen (secondary N) is 4. The summed E-state index contributed by atoms with van der Waals surface area (Å²) in [6, 6.07) is 16.9. The van der Waals surface area contributed by atoms with Crippen molar-refractivity contribution in [3.63, 3.8) is 0 Å². The van der Waals surface area contributed by atoms with E-state index in [1.807, 2.05) is 13.1 Å². The van der Waals surface area contributed by atoms with Crippen LogP contribution in [0.1, 0.15) is 72.5 Å². The fraction of sp³-hybridized carbons (Fsp3) is 0.391. The van der Waals surface area contributed by atoms with Crippen LogP contribution < -0.4 is 10.6 Å². The van der Waals surface area contributed by atoms with E-state index in [2.05, 4.69) is 138 Å². The van der Waals surface area contributed by atoms with Crippen molar-refractivity contribution in [1.29, 1.82) is 0 Å². The second kappa shape index (κ2) is 28.1. The number of hydrogen-bond donors (Lipinski definition) is 5. The number of H-pyrrole nitrogens is 2. The van der Waals surface area contributed by atoms with Crippen LogP contribution in [0.3, 0.4) is 0 Å². The Morgan fingerprint density at radius 1 is 0.783 bits per heavy atom. The van der Waals surface area contributed by atoms with Crippen molar-refractivity contribution < 1.29 is 19.4 Å². The summed E-state index contributed by atoms with van der Waals surface area (Å²) in [6.07, 6.45) is 9.69. The van der Waals surface area contributed by atoms with Crippen LogP contribution in [-0.4, -0.2) is 87.1 Å². The first-order valence-electron chi connectivity index (χ1n) is 20.3. The third-order valence-electron chi connectivity index (χ3n) is 7.78.